The normalized spacial score (nSPS) is 15.5. The van der Waals surface area contributed by atoms with Gasteiger partial charge in [-0.2, -0.15) is 0 Å². The molecule has 8 nitrogen and oxygen atoms in total. The average molecular weight is 364 g/mol. The van der Waals surface area contributed by atoms with Gasteiger partial charge in [0.25, 0.3) is 0 Å². The van der Waals surface area contributed by atoms with Crippen LogP contribution >= 0.6 is 0 Å². The Kier molecular flexibility index (Phi) is 4.69. The van der Waals surface area contributed by atoms with Crippen molar-refractivity contribution in [3.8, 4) is 17.1 Å². The van der Waals surface area contributed by atoms with Crippen molar-refractivity contribution < 1.29 is 9.53 Å². The van der Waals surface area contributed by atoms with Gasteiger partial charge in [-0.1, -0.05) is 30.3 Å². The van der Waals surface area contributed by atoms with E-state index in [1.165, 1.54) is 0 Å². The number of tetrazole rings is 1. The third-order valence-electron chi connectivity index (χ3n) is 4.49. The minimum atomic E-state index is -0.0672. The number of amides is 1. The number of hydrogen-bond donors (Lipinski definition) is 2. The lowest BCUT2D eigenvalue weighted by atomic mass is 10.0. The van der Waals surface area contributed by atoms with Crippen LogP contribution in [-0.4, -0.2) is 39.3 Å². The summed E-state index contributed by atoms with van der Waals surface area (Å²) < 4.78 is 7.24. The highest BCUT2D eigenvalue weighted by atomic mass is 16.5. The SMILES string of the molecule is Cn1nnnc1-c1cccc(NCC(=O)NC2CCOc3ccccc32)c1. The van der Waals surface area contributed by atoms with Crippen LogP contribution in [0.25, 0.3) is 11.4 Å². The van der Waals surface area contributed by atoms with E-state index in [0.29, 0.717) is 12.4 Å². The largest absolute Gasteiger partial charge is 0.493 e. The molecule has 1 unspecified atom stereocenters. The van der Waals surface area contributed by atoms with E-state index in [9.17, 15) is 4.79 Å². The van der Waals surface area contributed by atoms with Gasteiger partial charge in [0.15, 0.2) is 5.82 Å². The van der Waals surface area contributed by atoms with Crippen LogP contribution in [0, 0.1) is 0 Å². The van der Waals surface area contributed by atoms with Crippen LogP contribution in [0.5, 0.6) is 5.75 Å². The standard InChI is InChI=1S/C19H20N6O2/c1-25-19(22-23-24-25)13-5-4-6-14(11-13)20-12-18(26)21-16-9-10-27-17-8-3-2-7-15(16)17/h2-8,11,16,20H,9-10,12H2,1H3,(H,21,26). The van der Waals surface area contributed by atoms with Gasteiger partial charge in [0.2, 0.25) is 5.91 Å². The molecule has 0 fully saturated rings. The lowest BCUT2D eigenvalue weighted by molar-refractivity contribution is -0.120. The molecule has 1 aliphatic heterocycles. The topological polar surface area (TPSA) is 94.0 Å². The third-order valence-corrected chi connectivity index (χ3v) is 4.49. The maximum atomic E-state index is 12.4. The number of aromatic nitrogens is 4. The van der Waals surface area contributed by atoms with E-state index >= 15 is 0 Å². The first-order chi connectivity index (χ1) is 13.2. The van der Waals surface area contributed by atoms with Crippen LogP contribution in [0.2, 0.25) is 0 Å². The maximum Gasteiger partial charge on any atom is 0.239 e. The Morgan fingerprint density at radius 1 is 1.26 bits per heavy atom. The van der Waals surface area contributed by atoms with Crippen LogP contribution in [0.1, 0.15) is 18.0 Å². The number of fused-ring (bicyclic) bond motifs is 1. The fourth-order valence-corrected chi connectivity index (χ4v) is 3.16. The molecule has 0 saturated carbocycles. The number of nitrogens with zero attached hydrogens (tertiary/aromatic N) is 4. The summed E-state index contributed by atoms with van der Waals surface area (Å²) in [5.74, 6) is 1.44. The summed E-state index contributed by atoms with van der Waals surface area (Å²) in [5.41, 5.74) is 2.73. The molecule has 27 heavy (non-hydrogen) atoms. The van der Waals surface area contributed by atoms with E-state index < -0.39 is 0 Å². The van der Waals surface area contributed by atoms with Gasteiger partial charge in [-0.25, -0.2) is 4.68 Å². The smallest absolute Gasteiger partial charge is 0.239 e. The summed E-state index contributed by atoms with van der Waals surface area (Å²) in [7, 11) is 1.79. The highest BCUT2D eigenvalue weighted by Gasteiger charge is 2.22. The van der Waals surface area contributed by atoms with Crippen molar-refractivity contribution >= 4 is 11.6 Å². The van der Waals surface area contributed by atoms with E-state index in [4.69, 9.17) is 4.74 Å². The van der Waals surface area contributed by atoms with Gasteiger partial charge < -0.3 is 15.4 Å². The van der Waals surface area contributed by atoms with Crippen LogP contribution in [0.3, 0.4) is 0 Å². The van der Waals surface area contributed by atoms with Crippen LogP contribution < -0.4 is 15.4 Å². The van der Waals surface area contributed by atoms with E-state index in [1.54, 1.807) is 11.7 Å². The van der Waals surface area contributed by atoms with Gasteiger partial charge in [-0.15, -0.1) is 5.10 Å². The molecule has 138 valence electrons. The van der Waals surface area contributed by atoms with Crippen molar-refractivity contribution in [1.82, 2.24) is 25.5 Å². The molecule has 1 aliphatic rings. The minimum absolute atomic E-state index is 0.0275. The predicted molar refractivity (Wildman–Crippen MR) is 100 cm³/mol. The number of benzene rings is 2. The first-order valence-corrected chi connectivity index (χ1v) is 8.78. The molecule has 0 spiro atoms. The summed E-state index contributed by atoms with van der Waals surface area (Å²) >= 11 is 0. The number of carbonyl (C=O) groups is 1. The van der Waals surface area contributed by atoms with Gasteiger partial charge in [-0.05, 0) is 28.6 Å². The molecular formula is C19H20N6O2. The molecule has 1 amide bonds. The van der Waals surface area contributed by atoms with Gasteiger partial charge in [0, 0.05) is 30.3 Å². The van der Waals surface area contributed by atoms with Crippen LogP contribution in [0.15, 0.2) is 48.5 Å². The number of aryl methyl sites for hydroxylation is 1. The third kappa shape index (κ3) is 3.74. The molecule has 0 aliphatic carbocycles. The van der Waals surface area contributed by atoms with Crippen LogP contribution in [-0.2, 0) is 11.8 Å². The second-order valence-corrected chi connectivity index (χ2v) is 6.36. The lowest BCUT2D eigenvalue weighted by Crippen LogP contribution is -2.35. The van der Waals surface area contributed by atoms with Crippen molar-refractivity contribution in [2.45, 2.75) is 12.5 Å². The second kappa shape index (κ2) is 7.45. The Bertz CT molecular complexity index is 955. The molecule has 1 aromatic heterocycles. The number of anilines is 1. The van der Waals surface area contributed by atoms with Gasteiger partial charge >= 0.3 is 0 Å². The number of rotatable bonds is 5. The summed E-state index contributed by atoms with van der Waals surface area (Å²) in [6.45, 7) is 0.781. The molecule has 0 radical (unpaired) electrons. The Labute approximate surface area is 156 Å². The van der Waals surface area contributed by atoms with Crippen molar-refractivity contribution in [3.63, 3.8) is 0 Å². The molecule has 0 saturated heterocycles. The lowest BCUT2D eigenvalue weighted by Gasteiger charge is -2.26. The number of para-hydroxylation sites is 1. The fourth-order valence-electron chi connectivity index (χ4n) is 3.16. The highest BCUT2D eigenvalue weighted by molar-refractivity contribution is 5.81. The van der Waals surface area contributed by atoms with Gasteiger partial charge in [-0.3, -0.25) is 4.79 Å². The van der Waals surface area contributed by atoms with Crippen LogP contribution in [0.4, 0.5) is 5.69 Å². The first kappa shape index (κ1) is 17.0. The van der Waals surface area contributed by atoms with E-state index in [1.807, 2.05) is 48.5 Å². The maximum absolute atomic E-state index is 12.4. The van der Waals surface area contributed by atoms with Crippen molar-refractivity contribution in [1.29, 1.82) is 0 Å². The monoisotopic (exact) mass is 364 g/mol. The van der Waals surface area contributed by atoms with E-state index in [-0.39, 0.29) is 18.5 Å². The summed E-state index contributed by atoms with van der Waals surface area (Å²) in [6, 6.07) is 15.4. The zero-order valence-corrected chi connectivity index (χ0v) is 14.9. The minimum Gasteiger partial charge on any atom is -0.493 e. The molecule has 2 heterocycles. The molecule has 8 heteroatoms. The summed E-state index contributed by atoms with van der Waals surface area (Å²) in [4.78, 5) is 12.4. The van der Waals surface area contributed by atoms with Crippen molar-refractivity contribution in [2.75, 3.05) is 18.5 Å². The summed E-state index contributed by atoms with van der Waals surface area (Å²) in [6.07, 6.45) is 0.761. The van der Waals surface area contributed by atoms with Gasteiger partial charge in [0.05, 0.1) is 19.2 Å². The first-order valence-electron chi connectivity index (χ1n) is 8.78. The molecule has 1 atom stereocenters. The van der Waals surface area contributed by atoms with Crippen molar-refractivity contribution in [3.05, 3.63) is 54.1 Å². The number of nitrogens with one attached hydrogen (secondary N) is 2. The fraction of sp³-hybridized carbons (Fsp3) is 0.263. The zero-order valence-electron chi connectivity index (χ0n) is 14.9. The predicted octanol–water partition coefficient (Wildman–Crippen LogP) is 1.93. The van der Waals surface area contributed by atoms with E-state index in [2.05, 4.69) is 26.2 Å². The number of carbonyl (C=O) groups excluding carboxylic acids is 1. The average Bonchev–Trinajstić information content (AvgIpc) is 3.13. The molecule has 4 rings (SSSR count). The molecule has 2 N–H and O–H groups in total. The molecule has 0 bridgehead atoms. The Morgan fingerprint density at radius 2 is 2.15 bits per heavy atom. The zero-order chi connectivity index (χ0) is 18.6. The molecule has 2 aromatic carbocycles. The highest BCUT2D eigenvalue weighted by Crippen LogP contribution is 2.31. The molecular weight excluding hydrogens is 344 g/mol. The van der Waals surface area contributed by atoms with E-state index in [0.717, 1.165) is 29.0 Å². The number of hydrogen-bond acceptors (Lipinski definition) is 6. The molecule has 3 aromatic rings. The Balaban J connectivity index is 1.39. The second-order valence-electron chi connectivity index (χ2n) is 6.36. The summed E-state index contributed by atoms with van der Waals surface area (Å²) in [5, 5.41) is 17.7. The van der Waals surface area contributed by atoms with Crippen molar-refractivity contribution in [2.24, 2.45) is 7.05 Å². The quantitative estimate of drug-likeness (QED) is 0.718. The van der Waals surface area contributed by atoms with Gasteiger partial charge in [0.1, 0.15) is 5.75 Å². The number of ether oxygens (including phenoxy) is 1. The Hall–Kier alpha value is -3.42. The Morgan fingerprint density at radius 3 is 3.00 bits per heavy atom.